The number of carbonyl (C=O) groups is 1. The topological polar surface area (TPSA) is 42.1 Å². The second-order valence-corrected chi connectivity index (χ2v) is 3.60. The van der Waals surface area contributed by atoms with Crippen molar-refractivity contribution in [3.63, 3.8) is 0 Å². The Hall–Kier alpha value is -1.77. The van der Waals surface area contributed by atoms with Gasteiger partial charge in [0.2, 0.25) is 0 Å². The highest BCUT2D eigenvalue weighted by atomic mass is 16.5. The maximum atomic E-state index is 11.1. The highest BCUT2D eigenvalue weighted by Gasteiger charge is 2.05. The van der Waals surface area contributed by atoms with Gasteiger partial charge in [0.15, 0.2) is 0 Å². The Balaban J connectivity index is 2.35. The van der Waals surface area contributed by atoms with Crippen LogP contribution in [0.4, 0.5) is 0 Å². The van der Waals surface area contributed by atoms with Crippen LogP contribution >= 0.6 is 0 Å². The highest BCUT2D eigenvalue weighted by molar-refractivity contribution is 5.84. The van der Waals surface area contributed by atoms with Gasteiger partial charge in [-0.2, -0.15) is 0 Å². The molecule has 0 saturated carbocycles. The van der Waals surface area contributed by atoms with E-state index in [4.69, 9.17) is 0 Å². The Morgan fingerprint density at radius 1 is 1.47 bits per heavy atom. The third kappa shape index (κ3) is 1.86. The van der Waals surface area contributed by atoms with E-state index in [1.54, 1.807) is 0 Å². The van der Waals surface area contributed by atoms with Crippen LogP contribution in [0.15, 0.2) is 24.4 Å². The monoisotopic (exact) mass is 203 g/mol. The van der Waals surface area contributed by atoms with Crippen molar-refractivity contribution in [2.75, 3.05) is 7.11 Å². The SMILES string of the molecule is COC(=O)Cc1ccc2c(C)c[nH]c2c1. The number of hydrogen-bond acceptors (Lipinski definition) is 2. The first kappa shape index (κ1) is 9.77. The van der Waals surface area contributed by atoms with Crippen LogP contribution in [-0.4, -0.2) is 18.1 Å². The molecule has 2 rings (SSSR count). The van der Waals surface area contributed by atoms with E-state index in [-0.39, 0.29) is 5.97 Å². The molecule has 78 valence electrons. The summed E-state index contributed by atoms with van der Waals surface area (Å²) in [6.45, 7) is 2.05. The van der Waals surface area contributed by atoms with E-state index >= 15 is 0 Å². The predicted octanol–water partition coefficient (Wildman–Crippen LogP) is 2.19. The van der Waals surface area contributed by atoms with Crippen LogP contribution in [0.5, 0.6) is 0 Å². The van der Waals surface area contributed by atoms with Crippen LogP contribution in [0.25, 0.3) is 10.9 Å². The molecule has 1 aromatic heterocycles. The second-order valence-electron chi connectivity index (χ2n) is 3.60. The maximum Gasteiger partial charge on any atom is 0.309 e. The fraction of sp³-hybridized carbons (Fsp3) is 0.250. The Labute approximate surface area is 88.1 Å². The molecule has 1 heterocycles. The summed E-state index contributed by atoms with van der Waals surface area (Å²) >= 11 is 0. The van der Waals surface area contributed by atoms with Gasteiger partial charge in [-0.25, -0.2) is 0 Å². The number of nitrogens with one attached hydrogen (secondary N) is 1. The second kappa shape index (κ2) is 3.77. The van der Waals surface area contributed by atoms with Gasteiger partial charge < -0.3 is 9.72 Å². The summed E-state index contributed by atoms with van der Waals surface area (Å²) in [4.78, 5) is 14.3. The van der Waals surface area contributed by atoms with E-state index in [1.165, 1.54) is 18.1 Å². The number of methoxy groups -OCH3 is 1. The van der Waals surface area contributed by atoms with Crippen LogP contribution in [0.3, 0.4) is 0 Å². The molecule has 0 amide bonds. The van der Waals surface area contributed by atoms with Crippen molar-refractivity contribution in [1.82, 2.24) is 4.98 Å². The zero-order valence-electron chi connectivity index (χ0n) is 8.83. The molecule has 0 spiro atoms. The van der Waals surface area contributed by atoms with Crippen molar-refractivity contribution in [2.45, 2.75) is 13.3 Å². The molecule has 0 aliphatic rings. The highest BCUT2D eigenvalue weighted by Crippen LogP contribution is 2.18. The van der Waals surface area contributed by atoms with Gasteiger partial charge in [0, 0.05) is 17.1 Å². The van der Waals surface area contributed by atoms with Gasteiger partial charge in [-0.1, -0.05) is 12.1 Å². The number of hydrogen-bond donors (Lipinski definition) is 1. The van der Waals surface area contributed by atoms with E-state index in [1.807, 2.05) is 24.4 Å². The van der Waals surface area contributed by atoms with Crippen LogP contribution in [-0.2, 0) is 16.0 Å². The van der Waals surface area contributed by atoms with Crippen molar-refractivity contribution in [1.29, 1.82) is 0 Å². The Morgan fingerprint density at radius 2 is 2.27 bits per heavy atom. The number of H-pyrrole nitrogens is 1. The Kier molecular flexibility index (Phi) is 2.46. The molecule has 0 aliphatic carbocycles. The number of aryl methyl sites for hydroxylation is 1. The average Bonchev–Trinajstić information content (AvgIpc) is 2.60. The molecule has 0 aliphatic heterocycles. The van der Waals surface area contributed by atoms with Crippen molar-refractivity contribution >= 4 is 16.9 Å². The van der Waals surface area contributed by atoms with Crippen LogP contribution in [0.2, 0.25) is 0 Å². The third-order valence-corrected chi connectivity index (χ3v) is 2.53. The number of benzene rings is 1. The summed E-state index contributed by atoms with van der Waals surface area (Å²) in [5, 5.41) is 1.20. The van der Waals surface area contributed by atoms with Gasteiger partial charge in [-0.15, -0.1) is 0 Å². The molecule has 2 aromatic rings. The molecule has 15 heavy (non-hydrogen) atoms. The van der Waals surface area contributed by atoms with Crippen LogP contribution in [0.1, 0.15) is 11.1 Å². The minimum Gasteiger partial charge on any atom is -0.469 e. The van der Waals surface area contributed by atoms with Crippen LogP contribution in [0, 0.1) is 6.92 Å². The van der Waals surface area contributed by atoms with E-state index in [9.17, 15) is 4.79 Å². The molecule has 1 aromatic carbocycles. The normalized spacial score (nSPS) is 10.5. The molecule has 0 saturated heterocycles. The molecule has 0 radical (unpaired) electrons. The molecule has 0 unspecified atom stereocenters. The van der Waals surface area contributed by atoms with E-state index in [0.29, 0.717) is 6.42 Å². The predicted molar refractivity (Wildman–Crippen MR) is 58.8 cm³/mol. The standard InChI is InChI=1S/C12H13NO2/c1-8-7-13-11-5-9(3-4-10(8)11)6-12(14)15-2/h3-5,7,13H,6H2,1-2H3. The van der Waals surface area contributed by atoms with E-state index in [0.717, 1.165) is 11.1 Å². The van der Waals surface area contributed by atoms with Crippen LogP contribution < -0.4 is 0 Å². The minimum absolute atomic E-state index is 0.211. The lowest BCUT2D eigenvalue weighted by molar-refractivity contribution is -0.139. The first-order valence-electron chi connectivity index (χ1n) is 4.84. The smallest absolute Gasteiger partial charge is 0.309 e. The van der Waals surface area contributed by atoms with Crippen molar-refractivity contribution in [3.8, 4) is 0 Å². The van der Waals surface area contributed by atoms with Gasteiger partial charge in [0.25, 0.3) is 0 Å². The Bertz CT molecular complexity index is 499. The molecule has 0 bridgehead atoms. The van der Waals surface area contributed by atoms with E-state index < -0.39 is 0 Å². The molecule has 0 fully saturated rings. The summed E-state index contributed by atoms with van der Waals surface area (Å²) in [7, 11) is 1.40. The van der Waals surface area contributed by atoms with Gasteiger partial charge in [0.05, 0.1) is 13.5 Å². The summed E-state index contributed by atoms with van der Waals surface area (Å²) in [5.74, 6) is -0.211. The number of rotatable bonds is 2. The number of carbonyl (C=O) groups excluding carboxylic acids is 1. The number of aromatic amines is 1. The zero-order valence-corrected chi connectivity index (χ0v) is 8.83. The lowest BCUT2D eigenvalue weighted by Crippen LogP contribution is -2.04. The summed E-state index contributed by atoms with van der Waals surface area (Å²) in [5.41, 5.74) is 3.25. The number of ether oxygens (including phenoxy) is 1. The quantitative estimate of drug-likeness (QED) is 0.760. The summed E-state index contributed by atoms with van der Waals surface area (Å²) in [6.07, 6.45) is 2.29. The number of esters is 1. The molecular weight excluding hydrogens is 190 g/mol. The van der Waals surface area contributed by atoms with Gasteiger partial charge in [-0.3, -0.25) is 4.79 Å². The number of fused-ring (bicyclic) bond motifs is 1. The lowest BCUT2D eigenvalue weighted by Gasteiger charge is -2.00. The Morgan fingerprint density at radius 3 is 3.00 bits per heavy atom. The molecule has 3 nitrogen and oxygen atoms in total. The van der Waals surface area contributed by atoms with Gasteiger partial charge in [-0.05, 0) is 24.1 Å². The van der Waals surface area contributed by atoms with E-state index in [2.05, 4.69) is 16.6 Å². The van der Waals surface area contributed by atoms with Gasteiger partial charge in [0.1, 0.15) is 0 Å². The molecular formula is C12H13NO2. The first-order valence-corrected chi connectivity index (χ1v) is 4.84. The average molecular weight is 203 g/mol. The van der Waals surface area contributed by atoms with Gasteiger partial charge >= 0.3 is 5.97 Å². The molecule has 3 heteroatoms. The minimum atomic E-state index is -0.211. The summed E-state index contributed by atoms with van der Waals surface area (Å²) < 4.78 is 4.62. The molecule has 1 N–H and O–H groups in total. The first-order chi connectivity index (χ1) is 7.20. The number of aromatic nitrogens is 1. The molecule has 0 atom stereocenters. The summed E-state index contributed by atoms with van der Waals surface area (Å²) in [6, 6.07) is 5.97. The zero-order chi connectivity index (χ0) is 10.8. The fourth-order valence-corrected chi connectivity index (χ4v) is 1.67. The maximum absolute atomic E-state index is 11.1. The van der Waals surface area contributed by atoms with Crippen molar-refractivity contribution < 1.29 is 9.53 Å². The lowest BCUT2D eigenvalue weighted by atomic mass is 10.1. The van der Waals surface area contributed by atoms with Crippen molar-refractivity contribution in [2.24, 2.45) is 0 Å². The fourth-order valence-electron chi connectivity index (χ4n) is 1.67. The third-order valence-electron chi connectivity index (χ3n) is 2.53. The largest absolute Gasteiger partial charge is 0.469 e. The van der Waals surface area contributed by atoms with Crippen molar-refractivity contribution in [3.05, 3.63) is 35.5 Å².